The van der Waals surface area contributed by atoms with E-state index in [-0.39, 0.29) is 19.8 Å². The second-order valence-corrected chi connectivity index (χ2v) is 4.02. The summed E-state index contributed by atoms with van der Waals surface area (Å²) in [5.74, 6) is 4.00. The van der Waals surface area contributed by atoms with Gasteiger partial charge in [-0.3, -0.25) is 0 Å². The average Bonchev–Trinajstić information content (AvgIpc) is 2.46. The van der Waals surface area contributed by atoms with E-state index in [1.807, 2.05) is 36.3 Å². The zero-order chi connectivity index (χ0) is 16.4. The van der Waals surface area contributed by atoms with E-state index in [0.29, 0.717) is 0 Å². The second-order valence-electron chi connectivity index (χ2n) is 4.02. The lowest BCUT2D eigenvalue weighted by Gasteiger charge is -2.14. The number of benzene rings is 1. The summed E-state index contributed by atoms with van der Waals surface area (Å²) in [6, 6.07) is 9.10. The Morgan fingerprint density at radius 2 is 1.95 bits per heavy atom. The number of hydrogen-bond donors (Lipinski definition) is 0. The van der Waals surface area contributed by atoms with Crippen LogP contribution >= 0.6 is 0 Å². The summed E-state index contributed by atoms with van der Waals surface area (Å²) in [4.78, 5) is 10.9. The highest BCUT2D eigenvalue weighted by molar-refractivity contribution is 5.60. The van der Waals surface area contributed by atoms with Gasteiger partial charge in [0, 0.05) is 0 Å². The van der Waals surface area contributed by atoms with Gasteiger partial charge in [0.1, 0.15) is 6.61 Å². The molecule has 0 saturated heterocycles. The molecule has 1 rings (SSSR count). The van der Waals surface area contributed by atoms with Gasteiger partial charge in [-0.2, -0.15) is 13.2 Å². The van der Waals surface area contributed by atoms with Gasteiger partial charge in [0.15, 0.2) is 0 Å². The molecule has 1 aromatic carbocycles. The Balaban J connectivity index is 2.47. The molecule has 0 spiro atoms. The third kappa shape index (κ3) is 6.99. The topological polar surface area (TPSA) is 44.8 Å². The summed E-state index contributed by atoms with van der Waals surface area (Å²) in [5, 5.41) is 0. The van der Waals surface area contributed by atoms with E-state index in [2.05, 4.69) is 15.4 Å². The predicted octanol–water partition coefficient (Wildman–Crippen LogP) is 3.31. The van der Waals surface area contributed by atoms with Gasteiger partial charge in [-0.05, 0) is 18.4 Å². The fourth-order valence-electron chi connectivity index (χ4n) is 1.35. The summed E-state index contributed by atoms with van der Waals surface area (Å²) >= 11 is 0. The van der Waals surface area contributed by atoms with E-state index in [0.717, 1.165) is 5.56 Å². The van der Waals surface area contributed by atoms with Crippen molar-refractivity contribution in [2.75, 3.05) is 13.2 Å². The number of carbonyl (C=O) groups excluding carboxylic acids is 1. The third-order valence-corrected chi connectivity index (χ3v) is 2.29. The highest BCUT2D eigenvalue weighted by Crippen LogP contribution is 2.22. The lowest BCUT2D eigenvalue weighted by molar-refractivity contribution is -0.190. The van der Waals surface area contributed by atoms with Crippen LogP contribution in [0.1, 0.15) is 12.5 Å². The lowest BCUT2D eigenvalue weighted by atomic mass is 10.2. The monoisotopic (exact) mass is 316 g/mol. The maximum absolute atomic E-state index is 12.6. The molecule has 0 amide bonds. The summed E-state index contributed by atoms with van der Waals surface area (Å²) in [7, 11) is 0. The Morgan fingerprint density at radius 1 is 1.27 bits per heavy atom. The molecule has 0 aromatic heterocycles. The van der Waals surface area contributed by atoms with Crippen LogP contribution in [0.3, 0.4) is 0 Å². The van der Waals surface area contributed by atoms with Crippen LogP contribution in [0, 0.1) is 11.8 Å². The first kappa shape index (κ1) is 17.9. The molecule has 0 aliphatic heterocycles. The maximum Gasteiger partial charge on any atom is 0.509 e. The van der Waals surface area contributed by atoms with Crippen LogP contribution in [0.4, 0.5) is 18.0 Å². The molecule has 120 valence electrons. The van der Waals surface area contributed by atoms with Crippen LogP contribution in [0.2, 0.25) is 0 Å². The van der Waals surface area contributed by atoms with Crippen molar-refractivity contribution >= 4 is 6.16 Å². The van der Waals surface area contributed by atoms with Crippen LogP contribution in [-0.2, 0) is 20.8 Å². The average molecular weight is 316 g/mol. The molecule has 0 bridgehead atoms. The molecular weight excluding hydrogens is 301 g/mol. The molecule has 0 saturated carbocycles. The van der Waals surface area contributed by atoms with Crippen molar-refractivity contribution in [3.63, 3.8) is 0 Å². The predicted molar refractivity (Wildman–Crippen MR) is 71.8 cm³/mol. The van der Waals surface area contributed by atoms with Gasteiger partial charge >= 0.3 is 12.3 Å². The number of ether oxygens (including phenoxy) is 3. The van der Waals surface area contributed by atoms with Crippen molar-refractivity contribution in [2.45, 2.75) is 25.8 Å². The van der Waals surface area contributed by atoms with Crippen LogP contribution < -0.4 is 0 Å². The van der Waals surface area contributed by atoms with Crippen LogP contribution in [-0.4, -0.2) is 31.6 Å². The van der Waals surface area contributed by atoms with E-state index >= 15 is 0 Å². The molecule has 0 radical (unpaired) electrons. The molecule has 1 unspecified atom stereocenters. The number of rotatable bonds is 5. The Bertz CT molecular complexity index is 517. The first-order chi connectivity index (χ1) is 10.4. The van der Waals surface area contributed by atoms with Crippen LogP contribution in [0.5, 0.6) is 0 Å². The minimum Gasteiger partial charge on any atom is -0.435 e. The normalized spacial score (nSPS) is 12.0. The molecule has 0 fully saturated rings. The van der Waals surface area contributed by atoms with E-state index in [1.165, 1.54) is 6.92 Å². The molecule has 1 aromatic rings. The molecule has 4 nitrogen and oxygen atoms in total. The minimum absolute atomic E-state index is 0.0863. The number of alkyl halides is 3. The Morgan fingerprint density at radius 3 is 2.55 bits per heavy atom. The first-order valence-corrected chi connectivity index (χ1v) is 6.43. The maximum atomic E-state index is 12.6. The second kappa shape index (κ2) is 8.95. The molecule has 0 N–H and O–H groups in total. The van der Waals surface area contributed by atoms with Crippen molar-refractivity contribution in [3.8, 4) is 11.8 Å². The van der Waals surface area contributed by atoms with Crippen molar-refractivity contribution < 1.29 is 32.2 Å². The summed E-state index contributed by atoms with van der Waals surface area (Å²) in [5.41, 5.74) is 0.874. The van der Waals surface area contributed by atoms with Crippen molar-refractivity contribution in [1.82, 2.24) is 0 Å². The first-order valence-electron chi connectivity index (χ1n) is 6.43. The van der Waals surface area contributed by atoms with Crippen molar-refractivity contribution in [2.24, 2.45) is 0 Å². The minimum atomic E-state index is -4.79. The number of hydrogen-bond acceptors (Lipinski definition) is 4. The van der Waals surface area contributed by atoms with Gasteiger partial charge in [0.05, 0.1) is 13.2 Å². The Hall–Kier alpha value is -2.20. The van der Waals surface area contributed by atoms with Crippen molar-refractivity contribution in [1.29, 1.82) is 0 Å². The van der Waals surface area contributed by atoms with Gasteiger partial charge in [0.2, 0.25) is 0 Å². The highest BCUT2D eigenvalue weighted by Gasteiger charge is 2.42. The van der Waals surface area contributed by atoms with Crippen LogP contribution in [0.15, 0.2) is 30.3 Å². The van der Waals surface area contributed by atoms with Gasteiger partial charge in [-0.25, -0.2) is 4.79 Å². The fourth-order valence-corrected chi connectivity index (χ4v) is 1.35. The lowest BCUT2D eigenvalue weighted by Crippen LogP contribution is -2.32. The van der Waals surface area contributed by atoms with E-state index in [1.54, 1.807) is 0 Å². The van der Waals surface area contributed by atoms with Gasteiger partial charge in [0.25, 0.3) is 6.10 Å². The summed E-state index contributed by atoms with van der Waals surface area (Å²) < 4.78 is 51.4. The molecule has 0 aliphatic rings. The Kier molecular flexibility index (Phi) is 7.26. The highest BCUT2D eigenvalue weighted by atomic mass is 19.4. The smallest absolute Gasteiger partial charge is 0.435 e. The molecule has 22 heavy (non-hydrogen) atoms. The van der Waals surface area contributed by atoms with Crippen molar-refractivity contribution in [3.05, 3.63) is 35.9 Å². The van der Waals surface area contributed by atoms with E-state index < -0.39 is 18.4 Å². The zero-order valence-corrected chi connectivity index (χ0v) is 11.9. The summed E-state index contributed by atoms with van der Waals surface area (Å²) in [6.45, 7) is 1.38. The number of carbonyl (C=O) groups is 1. The molecule has 0 aliphatic carbocycles. The van der Waals surface area contributed by atoms with Gasteiger partial charge in [-0.1, -0.05) is 36.3 Å². The van der Waals surface area contributed by atoms with E-state index in [9.17, 15) is 18.0 Å². The van der Waals surface area contributed by atoms with Crippen LogP contribution in [0.25, 0.3) is 0 Å². The SMILES string of the molecule is CCOC(=O)OC(C#CCOCc1ccccc1)C(F)(F)F. The third-order valence-electron chi connectivity index (χ3n) is 2.29. The fraction of sp³-hybridized carbons (Fsp3) is 0.400. The standard InChI is InChI=1S/C15H15F3O4/c1-2-21-14(19)22-13(15(16,17)18)9-6-10-20-11-12-7-4-3-5-8-12/h3-5,7-8,13H,2,10-11H2,1H3. The Labute approximate surface area is 126 Å². The van der Waals surface area contributed by atoms with Gasteiger partial charge in [-0.15, -0.1) is 0 Å². The quantitative estimate of drug-likeness (QED) is 0.475. The molecule has 0 heterocycles. The number of halogens is 3. The zero-order valence-electron chi connectivity index (χ0n) is 11.9. The molecule has 1 atom stereocenters. The summed E-state index contributed by atoms with van der Waals surface area (Å²) in [6.07, 6.45) is -8.74. The molecule has 7 heteroatoms. The van der Waals surface area contributed by atoms with E-state index in [4.69, 9.17) is 4.74 Å². The largest absolute Gasteiger partial charge is 0.509 e. The molecular formula is C15H15F3O4. The van der Waals surface area contributed by atoms with Gasteiger partial charge < -0.3 is 14.2 Å².